The van der Waals surface area contributed by atoms with Gasteiger partial charge in [-0.1, -0.05) is 0 Å². The lowest BCUT2D eigenvalue weighted by Crippen LogP contribution is -2.16. The van der Waals surface area contributed by atoms with Gasteiger partial charge in [0.15, 0.2) is 15.7 Å². The first-order valence-electron chi connectivity index (χ1n) is 5.70. The van der Waals surface area contributed by atoms with Gasteiger partial charge < -0.3 is 5.32 Å². The number of nitrogens with one attached hydrogen (secondary N) is 1. The molecule has 1 amide bonds. The van der Waals surface area contributed by atoms with Gasteiger partial charge in [0.1, 0.15) is 11.6 Å². The third-order valence-electron chi connectivity index (χ3n) is 2.36. The van der Waals surface area contributed by atoms with E-state index in [2.05, 4.69) is 10.2 Å². The number of aromatic nitrogens is 3. The van der Waals surface area contributed by atoms with E-state index in [1.54, 1.807) is 0 Å². The van der Waals surface area contributed by atoms with Crippen LogP contribution in [0.15, 0.2) is 18.2 Å². The lowest BCUT2D eigenvalue weighted by molar-refractivity contribution is 0.101. The van der Waals surface area contributed by atoms with Gasteiger partial charge in [0.2, 0.25) is 5.69 Å². The molecule has 1 N–H and O–H groups in total. The minimum atomic E-state index is -3.54. The van der Waals surface area contributed by atoms with E-state index >= 15 is 0 Å². The molecule has 0 atom stereocenters. The molecule has 0 saturated heterocycles. The number of nitrogens with zero attached hydrogens (tertiary/aromatic N) is 3. The molecular formula is C11H9F3N4O3S. The van der Waals surface area contributed by atoms with Crippen LogP contribution >= 0.6 is 0 Å². The van der Waals surface area contributed by atoms with Gasteiger partial charge in [-0.15, -0.1) is 10.2 Å². The Labute approximate surface area is 122 Å². The minimum absolute atomic E-state index is 0.386. The maximum Gasteiger partial charge on any atom is 0.281 e. The fourth-order valence-corrected chi connectivity index (χ4v) is 2.04. The van der Waals surface area contributed by atoms with E-state index in [4.69, 9.17) is 0 Å². The largest absolute Gasteiger partial charge is 0.318 e. The second-order valence-corrected chi connectivity index (χ2v) is 6.45. The van der Waals surface area contributed by atoms with Crippen molar-refractivity contribution in [3.05, 3.63) is 41.5 Å². The van der Waals surface area contributed by atoms with Crippen LogP contribution in [0.1, 0.15) is 10.5 Å². The summed E-state index contributed by atoms with van der Waals surface area (Å²) in [5.41, 5.74) is -1.20. The summed E-state index contributed by atoms with van der Waals surface area (Å²) in [6.45, 7) is 0. The van der Waals surface area contributed by atoms with Crippen LogP contribution in [0.4, 0.5) is 18.9 Å². The summed E-state index contributed by atoms with van der Waals surface area (Å²) < 4.78 is 61.7. The molecule has 11 heteroatoms. The van der Waals surface area contributed by atoms with Gasteiger partial charge in [0.05, 0.1) is 5.69 Å². The number of halogens is 3. The first kappa shape index (κ1) is 15.9. The summed E-state index contributed by atoms with van der Waals surface area (Å²) >= 11 is 0. The molecule has 22 heavy (non-hydrogen) atoms. The number of benzene rings is 1. The monoisotopic (exact) mass is 334 g/mol. The predicted molar refractivity (Wildman–Crippen MR) is 69.1 cm³/mol. The van der Waals surface area contributed by atoms with Crippen molar-refractivity contribution in [1.82, 2.24) is 15.0 Å². The molecule has 1 aromatic heterocycles. The van der Waals surface area contributed by atoms with Gasteiger partial charge in [-0.25, -0.2) is 17.2 Å². The quantitative estimate of drug-likeness (QED) is 0.898. The predicted octanol–water partition coefficient (Wildman–Crippen LogP) is 0.950. The van der Waals surface area contributed by atoms with Crippen molar-refractivity contribution < 1.29 is 26.4 Å². The highest BCUT2D eigenvalue weighted by Gasteiger charge is 2.21. The van der Waals surface area contributed by atoms with Gasteiger partial charge >= 0.3 is 0 Å². The standard InChI is InChI=1S/C11H9F3N4O3S/c1-22(20,21)5-18-16-9(10(14)17-18)11(19)15-8-3-2-6(12)4-7(8)13/h2-4H,5H2,1H3,(H,15,19). The Bertz CT molecular complexity index is 835. The second kappa shape index (κ2) is 5.75. The number of carbonyl (C=O) groups is 1. The van der Waals surface area contributed by atoms with Crippen LogP contribution in [0.5, 0.6) is 0 Å². The van der Waals surface area contributed by atoms with Gasteiger partial charge in [-0.3, -0.25) is 4.79 Å². The van der Waals surface area contributed by atoms with Crippen molar-refractivity contribution in [3.8, 4) is 0 Å². The Morgan fingerprint density at radius 3 is 2.55 bits per heavy atom. The van der Waals surface area contributed by atoms with E-state index in [-0.39, 0.29) is 5.69 Å². The van der Waals surface area contributed by atoms with Crippen LogP contribution in [0.25, 0.3) is 0 Å². The molecule has 0 fully saturated rings. The molecule has 0 bridgehead atoms. The van der Waals surface area contributed by atoms with E-state index < -0.39 is 44.9 Å². The van der Waals surface area contributed by atoms with E-state index in [0.29, 0.717) is 10.9 Å². The molecule has 0 unspecified atom stereocenters. The van der Waals surface area contributed by atoms with Gasteiger partial charge in [0.25, 0.3) is 11.9 Å². The van der Waals surface area contributed by atoms with E-state index in [0.717, 1.165) is 18.4 Å². The third-order valence-corrected chi connectivity index (χ3v) is 3.06. The highest BCUT2D eigenvalue weighted by molar-refractivity contribution is 7.89. The number of anilines is 1. The molecule has 0 aliphatic rings. The molecular weight excluding hydrogens is 325 g/mol. The van der Waals surface area contributed by atoms with E-state index in [1.807, 2.05) is 5.32 Å². The summed E-state index contributed by atoms with van der Waals surface area (Å²) in [7, 11) is -3.54. The van der Waals surface area contributed by atoms with Gasteiger partial charge in [-0.2, -0.15) is 9.19 Å². The summed E-state index contributed by atoms with van der Waals surface area (Å²) in [6.07, 6.45) is 0.877. The zero-order valence-corrected chi connectivity index (χ0v) is 11.9. The molecule has 0 aliphatic carbocycles. The van der Waals surface area contributed by atoms with E-state index in [9.17, 15) is 26.4 Å². The molecule has 2 aromatic rings. The molecule has 0 spiro atoms. The van der Waals surface area contributed by atoms with Crippen LogP contribution in [0, 0.1) is 17.6 Å². The average molecular weight is 334 g/mol. The summed E-state index contributed by atoms with van der Waals surface area (Å²) in [6, 6.07) is 2.38. The van der Waals surface area contributed by atoms with Crippen LogP contribution in [-0.2, 0) is 15.7 Å². The summed E-state index contributed by atoms with van der Waals surface area (Å²) in [5.74, 6) is -5.09. The number of sulfone groups is 1. The Hall–Kier alpha value is -2.43. The highest BCUT2D eigenvalue weighted by atomic mass is 32.2. The smallest absolute Gasteiger partial charge is 0.281 e. The minimum Gasteiger partial charge on any atom is -0.318 e. The highest BCUT2D eigenvalue weighted by Crippen LogP contribution is 2.16. The lowest BCUT2D eigenvalue weighted by atomic mass is 10.3. The lowest BCUT2D eigenvalue weighted by Gasteiger charge is -2.04. The molecule has 2 rings (SSSR count). The Morgan fingerprint density at radius 1 is 1.27 bits per heavy atom. The van der Waals surface area contributed by atoms with Crippen molar-refractivity contribution in [2.75, 3.05) is 11.6 Å². The molecule has 0 radical (unpaired) electrons. The SMILES string of the molecule is CS(=O)(=O)Cn1nc(F)c(C(=O)Nc2ccc(F)cc2F)n1. The van der Waals surface area contributed by atoms with Gasteiger partial charge in [-0.05, 0) is 12.1 Å². The molecule has 7 nitrogen and oxygen atoms in total. The van der Waals surface area contributed by atoms with Crippen LogP contribution in [-0.4, -0.2) is 35.6 Å². The number of hydrogen-bond donors (Lipinski definition) is 1. The van der Waals surface area contributed by atoms with Crippen LogP contribution in [0.3, 0.4) is 0 Å². The zero-order chi connectivity index (χ0) is 16.5. The maximum atomic E-state index is 13.5. The maximum absolute atomic E-state index is 13.5. The van der Waals surface area contributed by atoms with Crippen molar-refractivity contribution in [1.29, 1.82) is 0 Å². The van der Waals surface area contributed by atoms with Crippen LogP contribution in [0.2, 0.25) is 0 Å². The average Bonchev–Trinajstić information content (AvgIpc) is 2.71. The Kier molecular flexibility index (Phi) is 4.17. The fourth-order valence-electron chi connectivity index (χ4n) is 1.51. The molecule has 118 valence electrons. The van der Waals surface area contributed by atoms with Crippen LogP contribution < -0.4 is 5.32 Å². The van der Waals surface area contributed by atoms with Crippen molar-refractivity contribution in [2.24, 2.45) is 0 Å². The summed E-state index contributed by atoms with van der Waals surface area (Å²) in [5, 5.41) is 8.51. The first-order valence-corrected chi connectivity index (χ1v) is 7.76. The summed E-state index contributed by atoms with van der Waals surface area (Å²) in [4.78, 5) is 12.3. The van der Waals surface area contributed by atoms with Gasteiger partial charge in [0, 0.05) is 12.3 Å². The molecule has 0 saturated carbocycles. The normalized spacial score (nSPS) is 11.5. The second-order valence-electron chi connectivity index (χ2n) is 4.34. The topological polar surface area (TPSA) is 94.0 Å². The molecule has 0 aliphatic heterocycles. The van der Waals surface area contributed by atoms with E-state index in [1.165, 1.54) is 0 Å². The Balaban J connectivity index is 2.23. The number of amides is 1. The molecule has 1 aromatic carbocycles. The molecule has 1 heterocycles. The fraction of sp³-hybridized carbons (Fsp3) is 0.182. The first-order chi connectivity index (χ1) is 10.2. The number of hydrogen-bond acceptors (Lipinski definition) is 5. The van der Waals surface area contributed by atoms with Crippen molar-refractivity contribution >= 4 is 21.4 Å². The number of rotatable bonds is 4. The zero-order valence-electron chi connectivity index (χ0n) is 11.0. The third kappa shape index (κ3) is 3.81. The van der Waals surface area contributed by atoms with Crippen molar-refractivity contribution in [2.45, 2.75) is 5.88 Å². The van der Waals surface area contributed by atoms with Crippen molar-refractivity contribution in [3.63, 3.8) is 0 Å². The Morgan fingerprint density at radius 2 is 1.95 bits per heavy atom. The number of carbonyl (C=O) groups excluding carboxylic acids is 1.